The fourth-order valence-corrected chi connectivity index (χ4v) is 6.00. The Balaban J connectivity index is 1.34. The first-order chi connectivity index (χ1) is 19.2. The molecule has 0 radical (unpaired) electrons. The lowest BCUT2D eigenvalue weighted by Gasteiger charge is -2.30. The van der Waals surface area contributed by atoms with E-state index in [0.29, 0.717) is 24.3 Å². The van der Waals surface area contributed by atoms with Gasteiger partial charge in [0.05, 0.1) is 6.42 Å². The molecule has 1 aliphatic carbocycles. The summed E-state index contributed by atoms with van der Waals surface area (Å²) in [6.07, 6.45) is 2.89. The van der Waals surface area contributed by atoms with Crippen LogP contribution in [0.4, 0.5) is 5.69 Å². The van der Waals surface area contributed by atoms with Crippen molar-refractivity contribution in [3.05, 3.63) is 95.1 Å². The molecule has 3 aromatic rings. The average molecular weight is 561 g/mol. The van der Waals surface area contributed by atoms with Crippen LogP contribution < -0.4 is 15.4 Å². The molecule has 210 valence electrons. The number of nitrogens with one attached hydrogen (secondary N) is 2. The van der Waals surface area contributed by atoms with Gasteiger partial charge in [0.1, 0.15) is 11.8 Å². The molecular weight excluding hydrogens is 524 g/mol. The number of aliphatic carboxylic acids is 1. The zero-order chi connectivity index (χ0) is 28.5. The first-order valence-electron chi connectivity index (χ1n) is 13.5. The Kier molecular flexibility index (Phi) is 9.88. The summed E-state index contributed by atoms with van der Waals surface area (Å²) in [5.41, 5.74) is 3.75. The second kappa shape index (κ2) is 13.5. The Bertz CT molecular complexity index is 1300. The number of hydrogen-bond donors (Lipinski definition) is 3. The van der Waals surface area contributed by atoms with E-state index in [-0.39, 0.29) is 18.1 Å². The van der Waals surface area contributed by atoms with Gasteiger partial charge in [0.25, 0.3) is 5.91 Å². The number of ether oxygens (including phenoxy) is 1. The number of rotatable bonds is 12. The van der Waals surface area contributed by atoms with Crippen molar-refractivity contribution in [2.45, 2.75) is 63.3 Å². The maximum Gasteiger partial charge on any atom is 0.327 e. The second-order valence-electron chi connectivity index (χ2n) is 10.4. The van der Waals surface area contributed by atoms with E-state index < -0.39 is 23.5 Å². The number of carbonyl (C=O) groups is 3. The van der Waals surface area contributed by atoms with Gasteiger partial charge in [-0.25, -0.2) is 4.79 Å². The Morgan fingerprint density at radius 3 is 2.20 bits per heavy atom. The highest BCUT2D eigenvalue weighted by Gasteiger charge is 2.45. The minimum atomic E-state index is -1.11. The first kappa shape index (κ1) is 29.2. The summed E-state index contributed by atoms with van der Waals surface area (Å²) < 4.78 is 6.25. The van der Waals surface area contributed by atoms with Crippen LogP contribution in [0.2, 0.25) is 0 Å². The molecule has 0 unspecified atom stereocenters. The molecule has 8 heteroatoms. The average Bonchev–Trinajstić information content (AvgIpc) is 3.39. The summed E-state index contributed by atoms with van der Waals surface area (Å²) in [5, 5.41) is 15.4. The topological polar surface area (TPSA) is 105 Å². The number of anilines is 1. The zero-order valence-electron chi connectivity index (χ0n) is 22.9. The molecule has 40 heavy (non-hydrogen) atoms. The van der Waals surface area contributed by atoms with Crippen LogP contribution in [-0.4, -0.2) is 40.3 Å². The van der Waals surface area contributed by atoms with Gasteiger partial charge in [0.2, 0.25) is 5.91 Å². The van der Waals surface area contributed by atoms with E-state index in [1.807, 2.05) is 68.4 Å². The third-order valence-corrected chi connectivity index (χ3v) is 8.04. The lowest BCUT2D eigenvalue weighted by molar-refractivity contribution is -0.145. The van der Waals surface area contributed by atoms with E-state index in [0.717, 1.165) is 40.8 Å². The van der Waals surface area contributed by atoms with Crippen molar-refractivity contribution in [3.8, 4) is 5.75 Å². The maximum absolute atomic E-state index is 13.4. The van der Waals surface area contributed by atoms with Gasteiger partial charge in [0, 0.05) is 17.2 Å². The molecule has 0 saturated heterocycles. The molecule has 3 N–H and O–H groups in total. The zero-order valence-corrected chi connectivity index (χ0v) is 23.8. The number of carbonyl (C=O) groups excluding carboxylic acids is 2. The molecule has 0 aromatic heterocycles. The van der Waals surface area contributed by atoms with E-state index in [1.54, 1.807) is 12.1 Å². The Morgan fingerprint density at radius 1 is 0.925 bits per heavy atom. The molecule has 0 bridgehead atoms. The van der Waals surface area contributed by atoms with Gasteiger partial charge < -0.3 is 20.5 Å². The van der Waals surface area contributed by atoms with Crippen molar-refractivity contribution < 1.29 is 24.2 Å². The van der Waals surface area contributed by atoms with E-state index in [9.17, 15) is 19.5 Å². The molecular formula is C32H36N2O5S. The van der Waals surface area contributed by atoms with Gasteiger partial charge in [-0.3, -0.25) is 9.59 Å². The molecule has 3 aromatic carbocycles. The fourth-order valence-electron chi connectivity index (χ4n) is 4.99. The van der Waals surface area contributed by atoms with E-state index in [2.05, 4.69) is 16.7 Å². The van der Waals surface area contributed by atoms with E-state index in [1.165, 1.54) is 11.8 Å². The van der Waals surface area contributed by atoms with Crippen molar-refractivity contribution in [1.82, 2.24) is 5.32 Å². The van der Waals surface area contributed by atoms with Crippen LogP contribution in [0.1, 0.15) is 47.9 Å². The highest BCUT2D eigenvalue weighted by molar-refractivity contribution is 7.98. The molecule has 4 rings (SSSR count). The van der Waals surface area contributed by atoms with Gasteiger partial charge in [-0.2, -0.15) is 11.8 Å². The van der Waals surface area contributed by atoms with Crippen LogP contribution >= 0.6 is 11.8 Å². The molecule has 0 spiro atoms. The third kappa shape index (κ3) is 8.11. The van der Waals surface area contributed by atoms with Gasteiger partial charge in [-0.1, -0.05) is 48.5 Å². The number of hydrogen-bond acceptors (Lipinski definition) is 5. The summed E-state index contributed by atoms with van der Waals surface area (Å²) in [6, 6.07) is 21.9. The van der Waals surface area contributed by atoms with Crippen molar-refractivity contribution in [1.29, 1.82) is 0 Å². The molecule has 1 atom stereocenters. The highest BCUT2D eigenvalue weighted by atomic mass is 32.2. The van der Waals surface area contributed by atoms with E-state index in [4.69, 9.17) is 4.74 Å². The lowest BCUT2D eigenvalue weighted by atomic mass is 10.00. The monoisotopic (exact) mass is 560 g/mol. The smallest absolute Gasteiger partial charge is 0.327 e. The van der Waals surface area contributed by atoms with E-state index >= 15 is 0 Å². The highest BCUT2D eigenvalue weighted by Crippen LogP contribution is 2.35. The Morgan fingerprint density at radius 2 is 1.57 bits per heavy atom. The van der Waals surface area contributed by atoms with Crippen LogP contribution in [0, 0.1) is 13.8 Å². The quantitative estimate of drug-likeness (QED) is 0.263. The molecule has 1 fully saturated rings. The third-order valence-electron chi connectivity index (χ3n) is 6.93. The standard InChI is InChI=1S/C32H36N2O5S/c1-22-16-23(2)18-26(17-22)33-29(35)19-24-10-12-27(13-11-24)39-32(14-6-7-15-32)31(38)34-28(30(36)37)21-40-20-25-8-4-3-5-9-25/h3-5,8-13,16-18,28H,6-7,14-15,19-21H2,1-2H3,(H,33,35)(H,34,38)(H,36,37)/t28-/m0/s1. The molecule has 1 aliphatic rings. The number of benzene rings is 3. The fraction of sp³-hybridized carbons (Fsp3) is 0.344. The number of thioether (sulfide) groups is 1. The van der Waals surface area contributed by atoms with Crippen LogP contribution in [0.15, 0.2) is 72.8 Å². The van der Waals surface area contributed by atoms with Gasteiger partial charge >= 0.3 is 5.97 Å². The predicted molar refractivity (Wildman–Crippen MR) is 159 cm³/mol. The molecule has 2 amide bonds. The van der Waals surface area contributed by atoms with Crippen LogP contribution in [0.5, 0.6) is 5.75 Å². The lowest BCUT2D eigenvalue weighted by Crippen LogP contribution is -2.54. The van der Waals surface area contributed by atoms with Crippen LogP contribution in [0.3, 0.4) is 0 Å². The molecule has 0 aliphatic heterocycles. The summed E-state index contributed by atoms with van der Waals surface area (Å²) in [5.74, 6) is -0.140. The summed E-state index contributed by atoms with van der Waals surface area (Å²) in [6.45, 7) is 3.98. The predicted octanol–water partition coefficient (Wildman–Crippen LogP) is 5.68. The molecule has 0 heterocycles. The minimum absolute atomic E-state index is 0.116. The SMILES string of the molecule is Cc1cc(C)cc(NC(=O)Cc2ccc(OC3(C(=O)N[C@@H](CSCc4ccccc4)C(=O)O)CCCC3)cc2)c1. The number of aryl methyl sites for hydroxylation is 2. The maximum atomic E-state index is 13.4. The normalized spacial score (nSPS) is 14.8. The number of carboxylic acid groups (broad SMARTS) is 1. The van der Waals surface area contributed by atoms with Crippen LogP contribution in [-0.2, 0) is 26.6 Å². The second-order valence-corrected chi connectivity index (χ2v) is 11.4. The molecule has 1 saturated carbocycles. The number of amides is 2. The Hall–Kier alpha value is -3.78. The van der Waals surface area contributed by atoms with Crippen molar-refractivity contribution in [2.24, 2.45) is 0 Å². The first-order valence-corrected chi connectivity index (χ1v) is 14.7. The minimum Gasteiger partial charge on any atom is -0.480 e. The summed E-state index contributed by atoms with van der Waals surface area (Å²) in [7, 11) is 0. The summed E-state index contributed by atoms with van der Waals surface area (Å²) >= 11 is 1.47. The largest absolute Gasteiger partial charge is 0.480 e. The molecule has 7 nitrogen and oxygen atoms in total. The van der Waals surface area contributed by atoms with Crippen molar-refractivity contribution >= 4 is 35.2 Å². The summed E-state index contributed by atoms with van der Waals surface area (Å²) in [4.78, 5) is 37.9. The van der Waals surface area contributed by atoms with Crippen LogP contribution in [0.25, 0.3) is 0 Å². The van der Waals surface area contributed by atoms with Crippen molar-refractivity contribution in [2.75, 3.05) is 11.1 Å². The number of carboxylic acids is 1. The van der Waals surface area contributed by atoms with Gasteiger partial charge in [-0.15, -0.1) is 0 Å². The Labute approximate surface area is 239 Å². The van der Waals surface area contributed by atoms with Crippen molar-refractivity contribution in [3.63, 3.8) is 0 Å². The van der Waals surface area contributed by atoms with Gasteiger partial charge in [0.15, 0.2) is 5.60 Å². The van der Waals surface area contributed by atoms with Gasteiger partial charge in [-0.05, 0) is 86.1 Å².